The summed E-state index contributed by atoms with van der Waals surface area (Å²) in [5, 5.41) is 11.8. The number of carbonyl (C=O) groups excluding carboxylic acids is 1. The molecule has 0 aliphatic heterocycles. The van der Waals surface area contributed by atoms with Gasteiger partial charge in [0.15, 0.2) is 0 Å². The fourth-order valence-electron chi connectivity index (χ4n) is 1.37. The number of nitrogens with zero attached hydrogens (tertiary/aromatic N) is 1. The average molecular weight is 192 g/mol. The highest BCUT2D eigenvalue weighted by atomic mass is 16.2. The zero-order valence-electron chi connectivity index (χ0n) is 8.71. The summed E-state index contributed by atoms with van der Waals surface area (Å²) in [7, 11) is 0. The van der Waals surface area contributed by atoms with E-state index in [4.69, 9.17) is 5.26 Å². The third kappa shape index (κ3) is 2.14. The molecule has 0 bridgehead atoms. The molecule has 1 aliphatic carbocycles. The van der Waals surface area contributed by atoms with E-state index >= 15 is 0 Å². The van der Waals surface area contributed by atoms with Crippen molar-refractivity contribution in [3.8, 4) is 6.07 Å². The van der Waals surface area contributed by atoms with Crippen molar-refractivity contribution in [3.63, 3.8) is 0 Å². The van der Waals surface area contributed by atoms with Gasteiger partial charge in [0, 0.05) is 6.04 Å². The normalized spacial score (nSPS) is 20.1. The van der Waals surface area contributed by atoms with Gasteiger partial charge in [-0.25, -0.2) is 0 Å². The van der Waals surface area contributed by atoms with Crippen molar-refractivity contribution < 1.29 is 4.79 Å². The summed E-state index contributed by atoms with van der Waals surface area (Å²) < 4.78 is 0. The molecule has 0 aromatic heterocycles. The minimum Gasteiger partial charge on any atom is -0.351 e. The SMILES string of the molecule is CCC(C)(C#N)C(=O)NC1CC=CC1. The van der Waals surface area contributed by atoms with Crippen molar-refractivity contribution in [1.29, 1.82) is 5.26 Å². The second-order valence-corrected chi connectivity index (χ2v) is 3.91. The molecule has 0 radical (unpaired) electrons. The lowest BCUT2D eigenvalue weighted by Gasteiger charge is -2.21. The predicted molar refractivity (Wildman–Crippen MR) is 54.3 cm³/mol. The second kappa shape index (κ2) is 4.28. The quantitative estimate of drug-likeness (QED) is 0.693. The first-order valence-corrected chi connectivity index (χ1v) is 4.99. The van der Waals surface area contributed by atoms with Gasteiger partial charge in [-0.15, -0.1) is 0 Å². The molecule has 3 heteroatoms. The molecular weight excluding hydrogens is 176 g/mol. The van der Waals surface area contributed by atoms with E-state index in [0.717, 1.165) is 12.8 Å². The number of carbonyl (C=O) groups is 1. The number of nitrogens with one attached hydrogen (secondary N) is 1. The number of rotatable bonds is 3. The van der Waals surface area contributed by atoms with Gasteiger partial charge in [-0.3, -0.25) is 4.79 Å². The van der Waals surface area contributed by atoms with Crippen LogP contribution in [0.25, 0.3) is 0 Å². The summed E-state index contributed by atoms with van der Waals surface area (Å²) in [4.78, 5) is 11.7. The molecule has 0 spiro atoms. The molecule has 0 saturated carbocycles. The molecule has 0 fully saturated rings. The second-order valence-electron chi connectivity index (χ2n) is 3.91. The van der Waals surface area contributed by atoms with E-state index in [0.29, 0.717) is 6.42 Å². The van der Waals surface area contributed by atoms with Crippen LogP contribution >= 0.6 is 0 Å². The zero-order chi connectivity index (χ0) is 10.6. The minimum atomic E-state index is -0.872. The number of amides is 1. The zero-order valence-corrected chi connectivity index (χ0v) is 8.71. The van der Waals surface area contributed by atoms with Crippen molar-refractivity contribution in [2.24, 2.45) is 5.41 Å². The highest BCUT2D eigenvalue weighted by Gasteiger charge is 2.32. The Morgan fingerprint density at radius 1 is 1.64 bits per heavy atom. The first-order valence-electron chi connectivity index (χ1n) is 4.99. The van der Waals surface area contributed by atoms with Crippen LogP contribution in [0, 0.1) is 16.7 Å². The van der Waals surface area contributed by atoms with E-state index in [1.165, 1.54) is 0 Å². The van der Waals surface area contributed by atoms with Crippen LogP contribution in [0.15, 0.2) is 12.2 Å². The fourth-order valence-corrected chi connectivity index (χ4v) is 1.37. The van der Waals surface area contributed by atoms with Crippen molar-refractivity contribution in [2.45, 2.75) is 39.2 Å². The number of nitriles is 1. The molecule has 0 aromatic rings. The summed E-state index contributed by atoms with van der Waals surface area (Å²) in [6.07, 6.45) is 6.44. The summed E-state index contributed by atoms with van der Waals surface area (Å²) >= 11 is 0. The lowest BCUT2D eigenvalue weighted by Crippen LogP contribution is -2.42. The molecule has 1 unspecified atom stereocenters. The monoisotopic (exact) mass is 192 g/mol. The fraction of sp³-hybridized carbons (Fsp3) is 0.636. The first-order chi connectivity index (χ1) is 6.62. The van der Waals surface area contributed by atoms with Crippen molar-refractivity contribution in [1.82, 2.24) is 5.32 Å². The number of hydrogen-bond donors (Lipinski definition) is 1. The molecule has 1 amide bonds. The van der Waals surface area contributed by atoms with Gasteiger partial charge in [-0.05, 0) is 26.2 Å². The Hall–Kier alpha value is -1.30. The van der Waals surface area contributed by atoms with Gasteiger partial charge in [0.05, 0.1) is 6.07 Å². The Labute approximate surface area is 84.8 Å². The van der Waals surface area contributed by atoms with E-state index in [2.05, 4.69) is 23.5 Å². The van der Waals surface area contributed by atoms with E-state index in [-0.39, 0.29) is 11.9 Å². The minimum absolute atomic E-state index is 0.142. The maximum Gasteiger partial charge on any atom is 0.240 e. The van der Waals surface area contributed by atoms with Gasteiger partial charge in [-0.1, -0.05) is 19.1 Å². The van der Waals surface area contributed by atoms with Gasteiger partial charge < -0.3 is 5.32 Å². The molecule has 0 aromatic carbocycles. The molecule has 1 aliphatic rings. The van der Waals surface area contributed by atoms with Crippen LogP contribution in [0.4, 0.5) is 0 Å². The van der Waals surface area contributed by atoms with Gasteiger partial charge in [0.25, 0.3) is 0 Å². The van der Waals surface area contributed by atoms with Crippen LogP contribution in [-0.2, 0) is 4.79 Å². The molecule has 0 heterocycles. The molecule has 3 nitrogen and oxygen atoms in total. The molecule has 1 rings (SSSR count). The smallest absolute Gasteiger partial charge is 0.240 e. The summed E-state index contributed by atoms with van der Waals surface area (Å²) in [5.74, 6) is -0.142. The molecule has 0 saturated heterocycles. The maximum absolute atomic E-state index is 11.7. The Balaban J connectivity index is 2.53. The topological polar surface area (TPSA) is 52.9 Å². The van der Waals surface area contributed by atoms with E-state index in [1.807, 2.05) is 6.92 Å². The summed E-state index contributed by atoms with van der Waals surface area (Å²) in [5.41, 5.74) is -0.872. The third-order valence-electron chi connectivity index (χ3n) is 2.80. The van der Waals surface area contributed by atoms with Crippen molar-refractivity contribution in [3.05, 3.63) is 12.2 Å². The van der Waals surface area contributed by atoms with Gasteiger partial charge in [0.2, 0.25) is 5.91 Å². The lowest BCUT2D eigenvalue weighted by atomic mass is 9.88. The average Bonchev–Trinajstić information content (AvgIpc) is 2.69. The maximum atomic E-state index is 11.7. The third-order valence-corrected chi connectivity index (χ3v) is 2.80. The van der Waals surface area contributed by atoms with Gasteiger partial charge in [-0.2, -0.15) is 5.26 Å². The van der Waals surface area contributed by atoms with Gasteiger partial charge >= 0.3 is 0 Å². The van der Waals surface area contributed by atoms with E-state index in [1.54, 1.807) is 6.92 Å². The lowest BCUT2D eigenvalue weighted by molar-refractivity contribution is -0.128. The highest BCUT2D eigenvalue weighted by molar-refractivity contribution is 5.85. The van der Waals surface area contributed by atoms with Gasteiger partial charge in [0.1, 0.15) is 5.41 Å². The predicted octanol–water partition coefficient (Wildman–Crippen LogP) is 1.76. The van der Waals surface area contributed by atoms with Crippen LogP contribution in [0.2, 0.25) is 0 Å². The van der Waals surface area contributed by atoms with E-state index < -0.39 is 5.41 Å². The van der Waals surface area contributed by atoms with Crippen LogP contribution in [0.1, 0.15) is 33.1 Å². The molecule has 76 valence electrons. The standard InChI is InChI=1S/C11H16N2O/c1-3-11(2,8-12)10(14)13-9-6-4-5-7-9/h4-5,9H,3,6-7H2,1-2H3,(H,13,14). The van der Waals surface area contributed by atoms with Crippen LogP contribution in [-0.4, -0.2) is 11.9 Å². The summed E-state index contributed by atoms with van der Waals surface area (Å²) in [6, 6.07) is 2.27. The molecule has 1 atom stereocenters. The largest absolute Gasteiger partial charge is 0.351 e. The molecule has 14 heavy (non-hydrogen) atoms. The Morgan fingerprint density at radius 3 is 2.64 bits per heavy atom. The van der Waals surface area contributed by atoms with Crippen LogP contribution < -0.4 is 5.32 Å². The highest BCUT2D eigenvalue weighted by Crippen LogP contribution is 2.21. The Morgan fingerprint density at radius 2 is 2.21 bits per heavy atom. The first kappa shape index (κ1) is 10.8. The molecular formula is C11H16N2O. The van der Waals surface area contributed by atoms with Crippen molar-refractivity contribution in [2.75, 3.05) is 0 Å². The number of hydrogen-bond acceptors (Lipinski definition) is 2. The summed E-state index contributed by atoms with van der Waals surface area (Å²) in [6.45, 7) is 3.54. The van der Waals surface area contributed by atoms with Crippen LogP contribution in [0.5, 0.6) is 0 Å². The van der Waals surface area contributed by atoms with Crippen molar-refractivity contribution >= 4 is 5.91 Å². The Kier molecular flexibility index (Phi) is 3.29. The Bertz CT molecular complexity index is 282. The molecule has 1 N–H and O–H groups in total. The van der Waals surface area contributed by atoms with E-state index in [9.17, 15) is 4.79 Å². The van der Waals surface area contributed by atoms with Crippen LogP contribution in [0.3, 0.4) is 0 Å².